The number of aromatic nitrogens is 1. The highest BCUT2D eigenvalue weighted by atomic mass is 32.1. The van der Waals surface area contributed by atoms with Crippen molar-refractivity contribution in [3.63, 3.8) is 0 Å². The van der Waals surface area contributed by atoms with Gasteiger partial charge in [-0.05, 0) is 31.4 Å². The van der Waals surface area contributed by atoms with Gasteiger partial charge in [-0.2, -0.15) is 0 Å². The van der Waals surface area contributed by atoms with Gasteiger partial charge in [0.05, 0.1) is 19.9 Å². The molecule has 1 aliphatic rings. The van der Waals surface area contributed by atoms with E-state index in [2.05, 4.69) is 17.4 Å². The van der Waals surface area contributed by atoms with E-state index in [0.29, 0.717) is 17.2 Å². The molecule has 144 valence electrons. The molecule has 1 aliphatic carbocycles. The molecule has 1 unspecified atom stereocenters. The van der Waals surface area contributed by atoms with Gasteiger partial charge in [0.2, 0.25) is 5.91 Å². The number of carbonyl (C=O) groups is 1. The molecule has 1 amide bonds. The summed E-state index contributed by atoms with van der Waals surface area (Å²) in [7, 11) is 3.18. The smallest absolute Gasteiger partial charge is 0.227 e. The van der Waals surface area contributed by atoms with Crippen LogP contribution >= 0.6 is 11.3 Å². The van der Waals surface area contributed by atoms with Gasteiger partial charge in [0.1, 0.15) is 5.01 Å². The largest absolute Gasteiger partial charge is 0.493 e. The third-order valence-electron chi connectivity index (χ3n) is 4.98. The zero-order chi connectivity index (χ0) is 19.5. The molecule has 0 radical (unpaired) electrons. The highest BCUT2D eigenvalue weighted by Gasteiger charge is 2.28. The van der Waals surface area contributed by atoms with E-state index in [1.54, 1.807) is 37.7 Å². The van der Waals surface area contributed by atoms with Gasteiger partial charge < -0.3 is 14.8 Å². The Morgan fingerprint density at radius 2 is 1.89 bits per heavy atom. The van der Waals surface area contributed by atoms with Crippen molar-refractivity contribution in [2.24, 2.45) is 5.92 Å². The number of carbonyl (C=O) groups excluding carboxylic acids is 1. The second kappa shape index (κ2) is 8.02. The van der Waals surface area contributed by atoms with Crippen molar-refractivity contribution < 1.29 is 14.3 Å². The van der Waals surface area contributed by atoms with Crippen molar-refractivity contribution in [1.82, 2.24) is 4.98 Å². The first-order valence-corrected chi connectivity index (χ1v) is 10.1. The van der Waals surface area contributed by atoms with Crippen LogP contribution in [0.2, 0.25) is 0 Å². The van der Waals surface area contributed by atoms with Gasteiger partial charge in [0.15, 0.2) is 11.5 Å². The van der Waals surface area contributed by atoms with Crippen LogP contribution in [0.4, 0.5) is 5.69 Å². The van der Waals surface area contributed by atoms with Crippen LogP contribution in [0.5, 0.6) is 11.5 Å². The Kier molecular flexibility index (Phi) is 5.30. The summed E-state index contributed by atoms with van der Waals surface area (Å²) in [6.45, 7) is 0. The Bertz CT molecular complexity index is 985. The van der Waals surface area contributed by atoms with Crippen LogP contribution in [-0.4, -0.2) is 25.1 Å². The molecule has 4 rings (SSSR count). The molecule has 2 aromatic carbocycles. The molecule has 0 spiro atoms. The monoisotopic (exact) mass is 394 g/mol. The third kappa shape index (κ3) is 3.73. The first-order valence-electron chi connectivity index (χ1n) is 9.25. The van der Waals surface area contributed by atoms with E-state index in [1.807, 2.05) is 24.3 Å². The van der Waals surface area contributed by atoms with Crippen LogP contribution in [0.1, 0.15) is 17.0 Å². The quantitative estimate of drug-likeness (QED) is 0.689. The highest BCUT2D eigenvalue weighted by Crippen LogP contribution is 2.35. The van der Waals surface area contributed by atoms with E-state index >= 15 is 0 Å². The van der Waals surface area contributed by atoms with Crippen LogP contribution in [-0.2, 0) is 17.6 Å². The molecule has 5 nitrogen and oxygen atoms in total. The summed E-state index contributed by atoms with van der Waals surface area (Å²) in [5, 5.41) is 4.05. The maximum Gasteiger partial charge on any atom is 0.227 e. The predicted octanol–water partition coefficient (Wildman–Crippen LogP) is 4.57. The standard InChI is InChI=1S/C22H22N2O3S/c1-26-18-11-9-16(13-19(18)27-2)23-21(25)15-8-10-17-20(12-15)28-22(24-17)14-6-4-3-5-7-14/h3-7,9,11,13,15H,8,10,12H2,1-2H3,(H,23,25). The summed E-state index contributed by atoms with van der Waals surface area (Å²) < 4.78 is 10.6. The van der Waals surface area contributed by atoms with Crippen LogP contribution in [0.25, 0.3) is 10.6 Å². The number of fused-ring (bicyclic) bond motifs is 1. The first-order chi connectivity index (χ1) is 13.7. The Morgan fingerprint density at radius 1 is 1.11 bits per heavy atom. The number of nitrogens with zero attached hydrogens (tertiary/aromatic N) is 1. The molecule has 1 N–H and O–H groups in total. The van der Waals surface area contributed by atoms with Gasteiger partial charge in [0.25, 0.3) is 0 Å². The van der Waals surface area contributed by atoms with Crippen molar-refractivity contribution >= 4 is 22.9 Å². The fraction of sp³-hybridized carbons (Fsp3) is 0.273. The number of anilines is 1. The van der Waals surface area contributed by atoms with E-state index < -0.39 is 0 Å². The van der Waals surface area contributed by atoms with Gasteiger partial charge in [-0.25, -0.2) is 4.98 Å². The summed E-state index contributed by atoms with van der Waals surface area (Å²) in [5.41, 5.74) is 2.98. The summed E-state index contributed by atoms with van der Waals surface area (Å²) in [6.07, 6.45) is 2.38. The minimum Gasteiger partial charge on any atom is -0.493 e. The zero-order valence-electron chi connectivity index (χ0n) is 15.9. The number of hydrogen-bond donors (Lipinski definition) is 1. The fourth-order valence-electron chi connectivity index (χ4n) is 3.46. The summed E-state index contributed by atoms with van der Waals surface area (Å²) in [5.74, 6) is 1.22. The van der Waals surface area contributed by atoms with Gasteiger partial charge in [-0.15, -0.1) is 11.3 Å². The maximum absolute atomic E-state index is 12.8. The van der Waals surface area contributed by atoms with Gasteiger partial charge in [0, 0.05) is 28.1 Å². The first kappa shape index (κ1) is 18.5. The van der Waals surface area contributed by atoms with E-state index in [9.17, 15) is 4.79 Å². The lowest BCUT2D eigenvalue weighted by Gasteiger charge is -2.20. The lowest BCUT2D eigenvalue weighted by molar-refractivity contribution is -0.120. The average Bonchev–Trinajstić information content (AvgIpc) is 3.17. The van der Waals surface area contributed by atoms with Gasteiger partial charge >= 0.3 is 0 Å². The van der Waals surface area contributed by atoms with E-state index in [1.165, 1.54) is 4.88 Å². The Hall–Kier alpha value is -2.86. The third-order valence-corrected chi connectivity index (χ3v) is 6.15. The van der Waals surface area contributed by atoms with Crippen molar-refractivity contribution in [1.29, 1.82) is 0 Å². The fourth-order valence-corrected chi connectivity index (χ4v) is 4.65. The minimum absolute atomic E-state index is 0.0348. The van der Waals surface area contributed by atoms with Crippen LogP contribution in [0, 0.1) is 5.92 Å². The Balaban J connectivity index is 1.47. The second-order valence-corrected chi connectivity index (χ2v) is 7.84. The molecule has 0 saturated carbocycles. The number of ether oxygens (including phenoxy) is 2. The number of amides is 1. The molecule has 1 atom stereocenters. The summed E-state index contributed by atoms with van der Waals surface area (Å²) >= 11 is 1.70. The molecule has 28 heavy (non-hydrogen) atoms. The number of nitrogens with one attached hydrogen (secondary N) is 1. The molecule has 3 aromatic rings. The molecule has 0 saturated heterocycles. The summed E-state index contributed by atoms with van der Waals surface area (Å²) in [4.78, 5) is 18.8. The molecule has 0 fully saturated rings. The number of hydrogen-bond acceptors (Lipinski definition) is 5. The van der Waals surface area contributed by atoms with Gasteiger partial charge in [-0.3, -0.25) is 4.79 Å². The lowest BCUT2D eigenvalue weighted by Crippen LogP contribution is -2.27. The molecule has 0 bridgehead atoms. The van der Waals surface area contributed by atoms with Gasteiger partial charge in [-0.1, -0.05) is 30.3 Å². The van der Waals surface area contributed by atoms with E-state index in [-0.39, 0.29) is 11.8 Å². The average molecular weight is 394 g/mol. The van der Waals surface area contributed by atoms with Crippen molar-refractivity contribution in [3.05, 3.63) is 59.1 Å². The minimum atomic E-state index is -0.0512. The number of methoxy groups -OCH3 is 2. The molecule has 0 aliphatic heterocycles. The number of rotatable bonds is 5. The highest BCUT2D eigenvalue weighted by molar-refractivity contribution is 7.15. The molecule has 6 heteroatoms. The predicted molar refractivity (Wildman–Crippen MR) is 111 cm³/mol. The van der Waals surface area contributed by atoms with Crippen LogP contribution < -0.4 is 14.8 Å². The normalized spacial score (nSPS) is 15.6. The van der Waals surface area contributed by atoms with Crippen LogP contribution in [0.15, 0.2) is 48.5 Å². The topological polar surface area (TPSA) is 60.5 Å². The number of benzene rings is 2. The van der Waals surface area contributed by atoms with E-state index in [0.717, 1.165) is 35.5 Å². The second-order valence-electron chi connectivity index (χ2n) is 6.75. The molecular formula is C22H22N2O3S. The number of aryl methyl sites for hydroxylation is 1. The van der Waals surface area contributed by atoms with Crippen molar-refractivity contribution in [2.45, 2.75) is 19.3 Å². The van der Waals surface area contributed by atoms with Crippen molar-refractivity contribution in [2.75, 3.05) is 19.5 Å². The molecule has 1 heterocycles. The summed E-state index contributed by atoms with van der Waals surface area (Å²) in [6, 6.07) is 15.6. The zero-order valence-corrected chi connectivity index (χ0v) is 16.7. The van der Waals surface area contributed by atoms with Crippen molar-refractivity contribution in [3.8, 4) is 22.1 Å². The Morgan fingerprint density at radius 3 is 2.64 bits per heavy atom. The molecule has 1 aromatic heterocycles. The molecular weight excluding hydrogens is 372 g/mol. The Labute approximate surface area is 168 Å². The SMILES string of the molecule is COc1ccc(NC(=O)C2CCc3nc(-c4ccccc4)sc3C2)cc1OC. The van der Waals surface area contributed by atoms with E-state index in [4.69, 9.17) is 14.5 Å². The van der Waals surface area contributed by atoms with Crippen LogP contribution in [0.3, 0.4) is 0 Å². The lowest BCUT2D eigenvalue weighted by atomic mass is 9.90. The number of thiazole rings is 1. The maximum atomic E-state index is 12.8.